The zero-order valence-corrected chi connectivity index (χ0v) is 17.8. The van der Waals surface area contributed by atoms with E-state index >= 15 is 0 Å². The Morgan fingerprint density at radius 2 is 2.06 bits per heavy atom. The predicted octanol–water partition coefficient (Wildman–Crippen LogP) is 4.80. The number of ketones is 1. The molecule has 2 N–H and O–H groups in total. The third kappa shape index (κ3) is 2.63. The summed E-state index contributed by atoms with van der Waals surface area (Å²) in [5.74, 6) is 1.19. The smallest absolute Gasteiger partial charge is 0.162 e. The van der Waals surface area contributed by atoms with E-state index in [2.05, 4.69) is 11.1 Å². The molecule has 0 spiro atoms. The summed E-state index contributed by atoms with van der Waals surface area (Å²) in [4.78, 5) is 20.3. The SMILES string of the molecule is N#CC1=C2N=C(N)c3ccccc3N2C2=C(C(=O)C[C@H](c3ccco3)C2)[C@@H]1c1ccsc1. The standard InChI is InChI=1S/C25H18N4O2S/c26-12-17-22(14-7-9-32-13-14)23-19(10-15(11-20(23)30)21-6-3-8-31-21)29-18-5-2-1-4-16(18)24(27)28-25(17)29/h1-9,13,15,22H,10-11H2,(H2,27,28)/t15-,22-/m1/s1. The number of hydrogen-bond acceptors (Lipinski definition) is 7. The molecule has 1 aromatic carbocycles. The van der Waals surface area contributed by atoms with Gasteiger partial charge < -0.3 is 10.2 Å². The van der Waals surface area contributed by atoms with Gasteiger partial charge in [0, 0.05) is 29.2 Å². The van der Waals surface area contributed by atoms with Crippen LogP contribution in [-0.4, -0.2) is 11.6 Å². The molecule has 6 rings (SSSR count). The molecule has 0 fully saturated rings. The van der Waals surface area contributed by atoms with Crippen molar-refractivity contribution in [2.24, 2.45) is 10.7 Å². The number of aliphatic imine (C=N–C) groups is 1. The number of Topliss-reactive ketones (excluding diaryl/α,β-unsaturated/α-hetero) is 1. The fraction of sp³-hybridized carbons (Fsp3) is 0.160. The zero-order chi connectivity index (χ0) is 21.8. The maximum atomic E-state index is 13.6. The summed E-state index contributed by atoms with van der Waals surface area (Å²) in [5, 5.41) is 14.2. The first kappa shape index (κ1) is 18.8. The van der Waals surface area contributed by atoms with E-state index in [1.165, 1.54) is 0 Å². The number of anilines is 1. The molecule has 32 heavy (non-hydrogen) atoms. The van der Waals surface area contributed by atoms with Crippen molar-refractivity contribution >= 4 is 28.6 Å². The molecule has 0 amide bonds. The van der Waals surface area contributed by atoms with Gasteiger partial charge in [-0.2, -0.15) is 16.6 Å². The molecular formula is C25H18N4O2S. The predicted molar refractivity (Wildman–Crippen MR) is 122 cm³/mol. The van der Waals surface area contributed by atoms with Crippen molar-refractivity contribution in [1.29, 1.82) is 5.26 Å². The van der Waals surface area contributed by atoms with Crippen LogP contribution < -0.4 is 10.6 Å². The van der Waals surface area contributed by atoms with Gasteiger partial charge in [-0.15, -0.1) is 0 Å². The molecule has 3 aliphatic rings. The van der Waals surface area contributed by atoms with E-state index in [9.17, 15) is 10.1 Å². The topological polar surface area (TPSA) is 95.6 Å². The minimum absolute atomic E-state index is 0.0376. The van der Waals surface area contributed by atoms with E-state index in [1.807, 2.05) is 58.1 Å². The van der Waals surface area contributed by atoms with Crippen molar-refractivity contribution < 1.29 is 9.21 Å². The Hall–Kier alpha value is -3.89. The Kier molecular flexibility index (Phi) is 4.17. The van der Waals surface area contributed by atoms with Gasteiger partial charge >= 0.3 is 0 Å². The second-order valence-electron chi connectivity index (χ2n) is 8.09. The number of para-hydroxylation sites is 1. The number of benzene rings is 1. The molecule has 4 heterocycles. The number of nitrogens with two attached hydrogens (primary N) is 1. The Morgan fingerprint density at radius 1 is 1.19 bits per heavy atom. The molecule has 7 heteroatoms. The fourth-order valence-corrected chi connectivity index (χ4v) is 5.70. The van der Waals surface area contributed by atoms with Crippen LogP contribution in [0.1, 0.15) is 41.6 Å². The Labute approximate surface area is 188 Å². The highest BCUT2D eigenvalue weighted by molar-refractivity contribution is 7.08. The molecule has 0 radical (unpaired) electrons. The molecule has 156 valence electrons. The lowest BCUT2D eigenvalue weighted by atomic mass is 9.73. The highest BCUT2D eigenvalue weighted by Crippen LogP contribution is 2.51. The van der Waals surface area contributed by atoms with Gasteiger partial charge in [0.2, 0.25) is 0 Å². The molecule has 2 aliphatic heterocycles. The summed E-state index contributed by atoms with van der Waals surface area (Å²) < 4.78 is 5.66. The van der Waals surface area contributed by atoms with Crippen LogP contribution in [0.15, 0.2) is 91.6 Å². The van der Waals surface area contributed by atoms with Gasteiger partial charge in [-0.25, -0.2) is 4.99 Å². The maximum absolute atomic E-state index is 13.6. The summed E-state index contributed by atoms with van der Waals surface area (Å²) in [6.07, 6.45) is 2.60. The Balaban J connectivity index is 1.63. The Morgan fingerprint density at radius 3 is 2.81 bits per heavy atom. The third-order valence-electron chi connectivity index (χ3n) is 6.37. The molecule has 0 saturated carbocycles. The van der Waals surface area contributed by atoms with E-state index in [0.29, 0.717) is 35.6 Å². The number of amidine groups is 1. The average Bonchev–Trinajstić information content (AvgIpc) is 3.52. The van der Waals surface area contributed by atoms with Crippen LogP contribution >= 0.6 is 11.3 Å². The summed E-state index contributed by atoms with van der Waals surface area (Å²) in [7, 11) is 0. The number of rotatable bonds is 2. The van der Waals surface area contributed by atoms with E-state index in [0.717, 1.165) is 28.3 Å². The van der Waals surface area contributed by atoms with Crippen LogP contribution in [0.2, 0.25) is 0 Å². The second-order valence-corrected chi connectivity index (χ2v) is 8.87. The molecule has 3 aromatic rings. The van der Waals surface area contributed by atoms with Gasteiger partial charge in [-0.1, -0.05) is 12.1 Å². The molecule has 6 nitrogen and oxygen atoms in total. The van der Waals surface area contributed by atoms with Crippen LogP contribution in [0, 0.1) is 11.3 Å². The first-order chi connectivity index (χ1) is 15.7. The zero-order valence-electron chi connectivity index (χ0n) is 17.0. The van der Waals surface area contributed by atoms with E-state index in [4.69, 9.17) is 10.2 Å². The molecule has 2 atom stereocenters. The molecule has 0 unspecified atom stereocenters. The highest BCUT2D eigenvalue weighted by Gasteiger charge is 2.45. The van der Waals surface area contributed by atoms with Crippen LogP contribution in [0.5, 0.6) is 0 Å². The second kappa shape index (κ2) is 7.08. The minimum Gasteiger partial charge on any atom is -0.469 e. The van der Waals surface area contributed by atoms with Crippen LogP contribution in [0.25, 0.3) is 0 Å². The summed E-state index contributed by atoms with van der Waals surface area (Å²) in [6.45, 7) is 0. The van der Waals surface area contributed by atoms with Crippen molar-refractivity contribution in [1.82, 2.24) is 0 Å². The number of thiophene rings is 1. The van der Waals surface area contributed by atoms with Gasteiger partial charge in [0.15, 0.2) is 11.6 Å². The van der Waals surface area contributed by atoms with Crippen molar-refractivity contribution in [3.8, 4) is 6.07 Å². The van der Waals surface area contributed by atoms with Gasteiger partial charge in [0.1, 0.15) is 11.6 Å². The van der Waals surface area contributed by atoms with Crippen molar-refractivity contribution in [2.75, 3.05) is 4.90 Å². The summed E-state index contributed by atoms with van der Waals surface area (Å²) in [6, 6.07) is 15.8. The van der Waals surface area contributed by atoms with Gasteiger partial charge in [0.25, 0.3) is 0 Å². The quantitative estimate of drug-likeness (QED) is 0.620. The fourth-order valence-electron chi connectivity index (χ4n) is 5.01. The normalized spacial score (nSPS) is 22.2. The van der Waals surface area contributed by atoms with Crippen LogP contribution in [-0.2, 0) is 4.79 Å². The van der Waals surface area contributed by atoms with E-state index in [1.54, 1.807) is 17.6 Å². The lowest BCUT2D eigenvalue weighted by Crippen LogP contribution is -2.40. The lowest BCUT2D eigenvalue weighted by molar-refractivity contribution is -0.116. The first-order valence-electron chi connectivity index (χ1n) is 10.4. The van der Waals surface area contributed by atoms with E-state index in [-0.39, 0.29) is 11.7 Å². The van der Waals surface area contributed by atoms with Gasteiger partial charge in [0.05, 0.1) is 29.5 Å². The Bertz CT molecular complexity index is 1370. The van der Waals surface area contributed by atoms with Crippen LogP contribution in [0.3, 0.4) is 0 Å². The number of furan rings is 1. The number of carbonyl (C=O) groups is 1. The molecule has 2 aromatic heterocycles. The number of allylic oxidation sites excluding steroid dienone is 3. The molecule has 1 aliphatic carbocycles. The van der Waals surface area contributed by atoms with Crippen LogP contribution in [0.4, 0.5) is 5.69 Å². The minimum atomic E-state index is -0.445. The number of carbonyl (C=O) groups excluding carboxylic acids is 1. The molecular weight excluding hydrogens is 420 g/mol. The van der Waals surface area contributed by atoms with Crippen molar-refractivity contribution in [3.05, 3.63) is 99.0 Å². The van der Waals surface area contributed by atoms with Crippen molar-refractivity contribution in [3.63, 3.8) is 0 Å². The first-order valence-corrected chi connectivity index (χ1v) is 11.3. The lowest BCUT2D eigenvalue weighted by Gasteiger charge is -2.42. The number of fused-ring (bicyclic) bond motifs is 4. The number of nitriles is 1. The highest BCUT2D eigenvalue weighted by atomic mass is 32.1. The molecule has 0 saturated heterocycles. The summed E-state index contributed by atoms with van der Waals surface area (Å²) >= 11 is 1.55. The average molecular weight is 439 g/mol. The van der Waals surface area contributed by atoms with Gasteiger partial charge in [-0.05, 0) is 53.1 Å². The number of nitrogens with zero attached hydrogens (tertiary/aromatic N) is 3. The summed E-state index contributed by atoms with van der Waals surface area (Å²) in [5.41, 5.74) is 10.9. The van der Waals surface area contributed by atoms with E-state index < -0.39 is 5.92 Å². The third-order valence-corrected chi connectivity index (χ3v) is 7.07. The maximum Gasteiger partial charge on any atom is 0.162 e. The van der Waals surface area contributed by atoms with Crippen molar-refractivity contribution in [2.45, 2.75) is 24.7 Å². The number of hydrogen-bond donors (Lipinski definition) is 1. The molecule has 0 bridgehead atoms. The van der Waals surface area contributed by atoms with Gasteiger partial charge in [-0.3, -0.25) is 9.69 Å². The largest absolute Gasteiger partial charge is 0.469 e. The monoisotopic (exact) mass is 438 g/mol.